The van der Waals surface area contributed by atoms with Crippen molar-refractivity contribution < 1.29 is 9.13 Å². The summed E-state index contributed by atoms with van der Waals surface area (Å²) in [4.78, 5) is 4.33. The van der Waals surface area contributed by atoms with Crippen LogP contribution in [0.25, 0.3) is 5.83 Å². The highest BCUT2D eigenvalue weighted by Crippen LogP contribution is 2.34. The highest BCUT2D eigenvalue weighted by atomic mass is 19.1. The minimum atomic E-state index is -0.165. The molecule has 0 unspecified atom stereocenters. The van der Waals surface area contributed by atoms with Crippen LogP contribution < -0.4 is 4.74 Å². The molecule has 80 valence electrons. The second-order valence-electron chi connectivity index (χ2n) is 3.99. The van der Waals surface area contributed by atoms with Crippen molar-refractivity contribution in [2.24, 2.45) is 0 Å². The van der Waals surface area contributed by atoms with E-state index in [0.717, 1.165) is 11.3 Å². The first-order valence-corrected chi connectivity index (χ1v) is 5.07. The Balaban J connectivity index is 2.55. The van der Waals surface area contributed by atoms with Gasteiger partial charge in [0.2, 0.25) is 5.88 Å². The second kappa shape index (κ2) is 3.65. The van der Waals surface area contributed by atoms with Gasteiger partial charge in [0.25, 0.3) is 0 Å². The summed E-state index contributed by atoms with van der Waals surface area (Å²) >= 11 is 0. The molecule has 0 aliphatic heterocycles. The molecule has 3 heteroatoms. The highest BCUT2D eigenvalue weighted by molar-refractivity contribution is 5.67. The Kier molecular flexibility index (Phi) is 2.47. The molecule has 0 aromatic carbocycles. The maximum Gasteiger partial charge on any atom is 0.216 e. The molecule has 2 nitrogen and oxygen atoms in total. The van der Waals surface area contributed by atoms with E-state index in [2.05, 4.69) is 4.98 Å². The summed E-state index contributed by atoms with van der Waals surface area (Å²) in [5.74, 6) is 0.736. The van der Waals surface area contributed by atoms with E-state index in [9.17, 15) is 4.39 Å². The zero-order valence-electron chi connectivity index (χ0n) is 9.17. The van der Waals surface area contributed by atoms with E-state index in [0.29, 0.717) is 17.9 Å². The largest absolute Gasteiger partial charge is 0.481 e. The van der Waals surface area contributed by atoms with Crippen LogP contribution in [0.4, 0.5) is 4.39 Å². The minimum absolute atomic E-state index is 0.165. The number of fused-ring (bicyclic) bond motifs is 1. The van der Waals surface area contributed by atoms with Crippen molar-refractivity contribution in [1.82, 2.24) is 4.98 Å². The normalized spacial score (nSPS) is 14.1. The molecule has 1 aromatic rings. The molecule has 2 rings (SSSR count). The lowest BCUT2D eigenvalue weighted by molar-refractivity contribution is 0.389. The smallest absolute Gasteiger partial charge is 0.216 e. The van der Waals surface area contributed by atoms with E-state index >= 15 is 0 Å². The van der Waals surface area contributed by atoms with Crippen LogP contribution in [0.3, 0.4) is 0 Å². The molecular formula is C12H14FNO. The van der Waals surface area contributed by atoms with Crippen molar-refractivity contribution in [3.8, 4) is 5.88 Å². The van der Waals surface area contributed by atoms with E-state index in [1.54, 1.807) is 13.2 Å². The number of aromatic nitrogens is 1. The summed E-state index contributed by atoms with van der Waals surface area (Å²) < 4.78 is 18.6. The molecule has 15 heavy (non-hydrogen) atoms. The Labute approximate surface area is 88.8 Å². The van der Waals surface area contributed by atoms with Gasteiger partial charge in [-0.3, -0.25) is 0 Å². The molecule has 0 spiro atoms. The molecule has 0 bridgehead atoms. The summed E-state index contributed by atoms with van der Waals surface area (Å²) in [6.45, 7) is 4.09. The minimum Gasteiger partial charge on any atom is -0.481 e. The van der Waals surface area contributed by atoms with Gasteiger partial charge >= 0.3 is 0 Å². The Hall–Kier alpha value is -1.38. The SMILES string of the molecule is COc1nc2c(cc1C(C)C)C(F)=CC2. The monoisotopic (exact) mass is 207 g/mol. The standard InChI is InChI=1S/C12H14FNO/c1-7(2)8-6-9-10(13)4-5-11(9)14-12(8)15-3/h4,6-7H,5H2,1-3H3. The zero-order valence-corrected chi connectivity index (χ0v) is 9.17. The lowest BCUT2D eigenvalue weighted by Crippen LogP contribution is -2.01. The molecule has 0 saturated carbocycles. The number of rotatable bonds is 2. The van der Waals surface area contributed by atoms with Crippen LogP contribution in [0.2, 0.25) is 0 Å². The van der Waals surface area contributed by atoms with E-state index < -0.39 is 0 Å². The van der Waals surface area contributed by atoms with E-state index in [1.807, 2.05) is 19.9 Å². The van der Waals surface area contributed by atoms with Crippen molar-refractivity contribution in [2.75, 3.05) is 7.11 Å². The zero-order chi connectivity index (χ0) is 11.0. The number of allylic oxidation sites excluding steroid dienone is 1. The number of methoxy groups -OCH3 is 1. The van der Waals surface area contributed by atoms with Crippen molar-refractivity contribution in [3.05, 3.63) is 29.0 Å². The third-order valence-electron chi connectivity index (χ3n) is 2.64. The first-order chi connectivity index (χ1) is 7.13. The van der Waals surface area contributed by atoms with Crippen molar-refractivity contribution in [2.45, 2.75) is 26.2 Å². The highest BCUT2D eigenvalue weighted by Gasteiger charge is 2.20. The Bertz CT molecular complexity index is 424. The Morgan fingerprint density at radius 3 is 2.80 bits per heavy atom. The molecule has 0 amide bonds. The third-order valence-corrected chi connectivity index (χ3v) is 2.64. The summed E-state index contributed by atoms with van der Waals surface area (Å²) in [5, 5.41) is 0. The first kappa shape index (κ1) is 10.1. The van der Waals surface area contributed by atoms with Crippen LogP contribution >= 0.6 is 0 Å². The molecule has 0 fully saturated rings. The summed E-state index contributed by atoms with van der Waals surface area (Å²) in [5.41, 5.74) is 2.36. The van der Waals surface area contributed by atoms with Gasteiger partial charge in [0, 0.05) is 17.5 Å². The number of nitrogens with zero attached hydrogens (tertiary/aromatic N) is 1. The van der Waals surface area contributed by atoms with Crippen molar-refractivity contribution >= 4 is 5.83 Å². The van der Waals surface area contributed by atoms with Gasteiger partial charge in [-0.05, 0) is 18.1 Å². The molecular weight excluding hydrogens is 193 g/mol. The molecule has 0 radical (unpaired) electrons. The van der Waals surface area contributed by atoms with E-state index in [4.69, 9.17) is 4.74 Å². The fourth-order valence-corrected chi connectivity index (χ4v) is 1.78. The molecule has 1 heterocycles. The van der Waals surface area contributed by atoms with Crippen LogP contribution in [-0.4, -0.2) is 12.1 Å². The van der Waals surface area contributed by atoms with Crippen LogP contribution in [0.5, 0.6) is 5.88 Å². The lowest BCUT2D eigenvalue weighted by atomic mass is 10.0. The predicted molar refractivity (Wildman–Crippen MR) is 57.7 cm³/mol. The molecule has 1 aliphatic rings. The van der Waals surface area contributed by atoms with Gasteiger partial charge in [0.1, 0.15) is 5.83 Å². The van der Waals surface area contributed by atoms with Crippen molar-refractivity contribution in [1.29, 1.82) is 0 Å². The van der Waals surface area contributed by atoms with Gasteiger partial charge in [-0.15, -0.1) is 0 Å². The molecule has 0 atom stereocenters. The number of halogens is 1. The van der Waals surface area contributed by atoms with Crippen LogP contribution in [-0.2, 0) is 6.42 Å². The van der Waals surface area contributed by atoms with Gasteiger partial charge in [-0.25, -0.2) is 9.37 Å². The van der Waals surface area contributed by atoms with Crippen LogP contribution in [0.1, 0.15) is 36.6 Å². The quantitative estimate of drug-likeness (QED) is 0.743. The average molecular weight is 207 g/mol. The summed E-state index contributed by atoms with van der Waals surface area (Å²) in [6.07, 6.45) is 2.12. The maximum absolute atomic E-state index is 13.4. The Morgan fingerprint density at radius 1 is 1.47 bits per heavy atom. The van der Waals surface area contributed by atoms with Gasteiger partial charge in [0.15, 0.2) is 0 Å². The third kappa shape index (κ3) is 1.62. The average Bonchev–Trinajstić information content (AvgIpc) is 2.58. The topological polar surface area (TPSA) is 22.1 Å². The molecule has 1 aliphatic carbocycles. The van der Waals surface area contributed by atoms with Gasteiger partial charge in [-0.2, -0.15) is 0 Å². The summed E-state index contributed by atoms with van der Waals surface area (Å²) in [6, 6.07) is 1.85. The molecule has 0 saturated heterocycles. The van der Waals surface area contributed by atoms with Gasteiger partial charge < -0.3 is 4.74 Å². The summed E-state index contributed by atoms with van der Waals surface area (Å²) in [7, 11) is 1.60. The molecule has 0 N–H and O–H groups in total. The Morgan fingerprint density at radius 2 is 2.20 bits per heavy atom. The predicted octanol–water partition coefficient (Wildman–Crippen LogP) is 3.08. The van der Waals surface area contributed by atoms with E-state index in [1.165, 1.54) is 0 Å². The van der Waals surface area contributed by atoms with Crippen molar-refractivity contribution in [3.63, 3.8) is 0 Å². The number of pyridine rings is 1. The first-order valence-electron chi connectivity index (χ1n) is 5.07. The number of hydrogen-bond acceptors (Lipinski definition) is 2. The molecule has 1 aromatic heterocycles. The maximum atomic E-state index is 13.4. The van der Waals surface area contributed by atoms with Crippen LogP contribution in [0.15, 0.2) is 12.1 Å². The van der Waals surface area contributed by atoms with Gasteiger partial charge in [0.05, 0.1) is 12.8 Å². The number of hydrogen-bond donors (Lipinski definition) is 0. The van der Waals surface area contributed by atoms with E-state index in [-0.39, 0.29) is 11.7 Å². The number of ether oxygens (including phenoxy) is 1. The van der Waals surface area contributed by atoms with Crippen LogP contribution in [0, 0.1) is 0 Å². The fourth-order valence-electron chi connectivity index (χ4n) is 1.78. The van der Waals surface area contributed by atoms with Gasteiger partial charge in [-0.1, -0.05) is 13.8 Å². The lowest BCUT2D eigenvalue weighted by Gasteiger charge is -2.12. The fraction of sp³-hybridized carbons (Fsp3) is 0.417. The second-order valence-corrected chi connectivity index (χ2v) is 3.99.